The number of carbonyl (C=O) groups is 1. The van der Waals surface area contributed by atoms with Crippen LogP contribution >= 0.6 is 11.3 Å². The van der Waals surface area contributed by atoms with Crippen molar-refractivity contribution in [3.8, 4) is 11.5 Å². The van der Waals surface area contributed by atoms with Crippen LogP contribution in [0.3, 0.4) is 0 Å². The van der Waals surface area contributed by atoms with Crippen LogP contribution in [0.2, 0.25) is 0 Å². The largest absolute Gasteiger partial charge is 0.497 e. The molecule has 0 spiro atoms. The molecule has 5 nitrogen and oxygen atoms in total. The normalized spacial score (nSPS) is 10.4. The first-order chi connectivity index (χ1) is 12.7. The summed E-state index contributed by atoms with van der Waals surface area (Å²) in [6.45, 7) is 0. The molecule has 1 amide bonds. The fraction of sp³-hybridized carbons (Fsp3) is 0.200. The first kappa shape index (κ1) is 17.9. The molecule has 1 aromatic heterocycles. The molecule has 1 N–H and O–H groups in total. The fourth-order valence-corrected chi connectivity index (χ4v) is 3.37. The van der Waals surface area contributed by atoms with Crippen LogP contribution in [0.15, 0.2) is 53.9 Å². The molecule has 3 rings (SSSR count). The molecule has 2 aromatic carbocycles. The van der Waals surface area contributed by atoms with E-state index in [1.165, 1.54) is 5.56 Å². The molecule has 0 aliphatic heterocycles. The topological polar surface area (TPSA) is 60.5 Å². The average molecular weight is 368 g/mol. The van der Waals surface area contributed by atoms with Gasteiger partial charge in [-0.1, -0.05) is 30.3 Å². The van der Waals surface area contributed by atoms with Crippen LogP contribution < -0.4 is 14.8 Å². The predicted molar refractivity (Wildman–Crippen MR) is 103 cm³/mol. The second-order valence-electron chi connectivity index (χ2n) is 5.69. The minimum atomic E-state index is -0.134. The first-order valence-corrected chi connectivity index (χ1v) is 9.05. The fourth-order valence-electron chi connectivity index (χ4n) is 2.54. The molecule has 0 aliphatic carbocycles. The molecule has 1 heterocycles. The Morgan fingerprint density at radius 1 is 1.12 bits per heavy atom. The summed E-state index contributed by atoms with van der Waals surface area (Å²) < 4.78 is 10.5. The van der Waals surface area contributed by atoms with Crippen LogP contribution in [0.1, 0.15) is 16.3 Å². The molecule has 134 valence electrons. The van der Waals surface area contributed by atoms with Crippen molar-refractivity contribution in [1.29, 1.82) is 0 Å². The monoisotopic (exact) mass is 368 g/mol. The zero-order chi connectivity index (χ0) is 18.4. The quantitative estimate of drug-likeness (QED) is 0.686. The van der Waals surface area contributed by atoms with Crippen LogP contribution in [0.4, 0.5) is 5.69 Å². The maximum Gasteiger partial charge on any atom is 0.230 e. The van der Waals surface area contributed by atoms with E-state index in [1.54, 1.807) is 43.8 Å². The summed E-state index contributed by atoms with van der Waals surface area (Å²) in [5, 5.41) is 5.80. The van der Waals surface area contributed by atoms with Crippen LogP contribution in [-0.2, 0) is 17.6 Å². The van der Waals surface area contributed by atoms with Crippen LogP contribution in [0.25, 0.3) is 0 Å². The lowest BCUT2D eigenvalue weighted by atomic mass is 10.2. The summed E-state index contributed by atoms with van der Waals surface area (Å²) >= 11 is 1.57. The number of nitrogens with one attached hydrogen (secondary N) is 1. The highest BCUT2D eigenvalue weighted by Gasteiger charge is 2.12. The molecule has 6 heteroatoms. The zero-order valence-corrected chi connectivity index (χ0v) is 15.5. The zero-order valence-electron chi connectivity index (χ0n) is 14.7. The van der Waals surface area contributed by atoms with E-state index in [0.717, 1.165) is 17.1 Å². The summed E-state index contributed by atoms with van der Waals surface area (Å²) in [7, 11) is 3.14. The standard InChI is InChI=1S/C20H20N2O3S/c1-24-16-8-9-17(18(12-16)25-2)22-19(23)11-15-13-26-20(21-15)10-14-6-4-3-5-7-14/h3-9,12-13H,10-11H2,1-2H3,(H,22,23). The van der Waals surface area contributed by atoms with Gasteiger partial charge in [0, 0.05) is 17.9 Å². The Labute approximate surface area is 156 Å². The number of hydrogen-bond donors (Lipinski definition) is 1. The third kappa shape index (κ3) is 4.61. The number of hydrogen-bond acceptors (Lipinski definition) is 5. The minimum absolute atomic E-state index is 0.134. The summed E-state index contributed by atoms with van der Waals surface area (Å²) in [6, 6.07) is 15.4. The van der Waals surface area contributed by atoms with Gasteiger partial charge in [0.2, 0.25) is 5.91 Å². The van der Waals surface area contributed by atoms with E-state index in [2.05, 4.69) is 22.4 Å². The van der Waals surface area contributed by atoms with Crippen molar-refractivity contribution in [3.63, 3.8) is 0 Å². The molecule has 0 fully saturated rings. The maximum atomic E-state index is 12.3. The number of aromatic nitrogens is 1. The van der Waals surface area contributed by atoms with Crippen molar-refractivity contribution in [2.45, 2.75) is 12.8 Å². The predicted octanol–water partition coefficient (Wildman–Crippen LogP) is 3.93. The second kappa shape index (κ2) is 8.49. The number of carbonyl (C=O) groups excluding carboxylic acids is 1. The van der Waals surface area contributed by atoms with Gasteiger partial charge in [-0.3, -0.25) is 4.79 Å². The molecule has 0 atom stereocenters. The molecule has 0 saturated carbocycles. The number of nitrogens with zero attached hydrogens (tertiary/aromatic N) is 1. The smallest absolute Gasteiger partial charge is 0.230 e. The van der Waals surface area contributed by atoms with E-state index in [1.807, 2.05) is 23.6 Å². The van der Waals surface area contributed by atoms with Gasteiger partial charge in [0.25, 0.3) is 0 Å². The number of anilines is 1. The van der Waals surface area contributed by atoms with E-state index in [0.29, 0.717) is 17.2 Å². The lowest BCUT2D eigenvalue weighted by Gasteiger charge is -2.11. The van der Waals surface area contributed by atoms with Crippen LogP contribution in [0.5, 0.6) is 11.5 Å². The van der Waals surface area contributed by atoms with Gasteiger partial charge >= 0.3 is 0 Å². The highest BCUT2D eigenvalue weighted by molar-refractivity contribution is 7.09. The Morgan fingerprint density at radius 3 is 2.65 bits per heavy atom. The highest BCUT2D eigenvalue weighted by Crippen LogP contribution is 2.29. The van der Waals surface area contributed by atoms with Crippen molar-refractivity contribution in [3.05, 3.63) is 70.2 Å². The van der Waals surface area contributed by atoms with Crippen molar-refractivity contribution >= 4 is 22.9 Å². The third-order valence-corrected chi connectivity index (χ3v) is 4.72. The van der Waals surface area contributed by atoms with Gasteiger partial charge in [0.1, 0.15) is 11.5 Å². The molecule has 0 unspecified atom stereocenters. The number of methoxy groups -OCH3 is 2. The van der Waals surface area contributed by atoms with E-state index in [-0.39, 0.29) is 12.3 Å². The molecule has 26 heavy (non-hydrogen) atoms. The summed E-state index contributed by atoms with van der Waals surface area (Å²) in [5.41, 5.74) is 2.59. The summed E-state index contributed by atoms with van der Waals surface area (Å²) in [5.74, 6) is 1.09. The Hall–Kier alpha value is -2.86. The van der Waals surface area contributed by atoms with Gasteiger partial charge in [0.15, 0.2) is 0 Å². The van der Waals surface area contributed by atoms with Crippen molar-refractivity contribution in [2.24, 2.45) is 0 Å². The number of benzene rings is 2. The third-order valence-electron chi connectivity index (χ3n) is 3.82. The lowest BCUT2D eigenvalue weighted by molar-refractivity contribution is -0.115. The number of amides is 1. The van der Waals surface area contributed by atoms with E-state index in [9.17, 15) is 4.79 Å². The van der Waals surface area contributed by atoms with Crippen LogP contribution in [0, 0.1) is 0 Å². The van der Waals surface area contributed by atoms with Crippen molar-refractivity contribution in [1.82, 2.24) is 4.98 Å². The molecule has 0 aliphatic rings. The minimum Gasteiger partial charge on any atom is -0.497 e. The van der Waals surface area contributed by atoms with Gasteiger partial charge < -0.3 is 14.8 Å². The molecular formula is C20H20N2O3S. The second-order valence-corrected chi connectivity index (χ2v) is 6.63. The molecule has 0 bridgehead atoms. The Bertz CT molecular complexity index is 878. The van der Waals surface area contributed by atoms with Crippen molar-refractivity contribution < 1.29 is 14.3 Å². The average Bonchev–Trinajstić information content (AvgIpc) is 3.09. The van der Waals surface area contributed by atoms with Gasteiger partial charge in [-0.2, -0.15) is 0 Å². The Kier molecular flexibility index (Phi) is 5.86. The number of rotatable bonds is 7. The van der Waals surface area contributed by atoms with E-state index >= 15 is 0 Å². The van der Waals surface area contributed by atoms with Crippen LogP contribution in [-0.4, -0.2) is 25.1 Å². The van der Waals surface area contributed by atoms with E-state index in [4.69, 9.17) is 9.47 Å². The highest BCUT2D eigenvalue weighted by atomic mass is 32.1. The molecule has 0 saturated heterocycles. The van der Waals surface area contributed by atoms with Gasteiger partial charge in [-0.15, -0.1) is 11.3 Å². The Balaban J connectivity index is 1.62. The van der Waals surface area contributed by atoms with Crippen molar-refractivity contribution in [2.75, 3.05) is 19.5 Å². The van der Waals surface area contributed by atoms with Gasteiger partial charge in [-0.05, 0) is 17.7 Å². The first-order valence-electron chi connectivity index (χ1n) is 8.17. The summed E-state index contributed by atoms with van der Waals surface area (Å²) in [4.78, 5) is 16.9. The van der Waals surface area contributed by atoms with Gasteiger partial charge in [-0.25, -0.2) is 4.98 Å². The molecule has 0 radical (unpaired) electrons. The number of thiazole rings is 1. The van der Waals surface area contributed by atoms with E-state index < -0.39 is 0 Å². The maximum absolute atomic E-state index is 12.3. The summed E-state index contributed by atoms with van der Waals surface area (Å²) in [6.07, 6.45) is 1.000. The molecular weight excluding hydrogens is 348 g/mol. The lowest BCUT2D eigenvalue weighted by Crippen LogP contribution is -2.15. The molecule has 3 aromatic rings. The van der Waals surface area contributed by atoms with Gasteiger partial charge in [0.05, 0.1) is 37.0 Å². The SMILES string of the molecule is COc1ccc(NC(=O)Cc2csc(Cc3ccccc3)n2)c(OC)c1. The number of ether oxygens (including phenoxy) is 2. The Morgan fingerprint density at radius 2 is 1.92 bits per heavy atom.